The fourth-order valence-electron chi connectivity index (χ4n) is 4.41. The first-order valence-corrected chi connectivity index (χ1v) is 13.9. The Labute approximate surface area is 225 Å². The number of carbonyl (C=O) groups excluding carboxylic acids is 3. The maximum Gasteiger partial charge on any atom is 0.408 e. The molecule has 1 aromatic carbocycles. The fraction of sp³-hybridized carbons (Fsp3) is 0.700. The Balaban J connectivity index is 3.52. The third kappa shape index (κ3) is 11.1. The molecule has 0 aromatic heterocycles. The minimum absolute atomic E-state index is 0.144. The van der Waals surface area contributed by atoms with E-state index in [1.807, 2.05) is 53.7 Å². The van der Waals surface area contributed by atoms with Gasteiger partial charge in [-0.3, -0.25) is 9.59 Å². The average molecular weight is 518 g/mol. The monoisotopic (exact) mass is 517 g/mol. The summed E-state index contributed by atoms with van der Waals surface area (Å²) < 4.78 is 5.47. The summed E-state index contributed by atoms with van der Waals surface area (Å²) in [5, 5.41) is 5.88. The van der Waals surface area contributed by atoms with Gasteiger partial charge in [-0.15, -0.1) is 0 Å². The van der Waals surface area contributed by atoms with Crippen molar-refractivity contribution in [2.24, 2.45) is 5.92 Å². The largest absolute Gasteiger partial charge is 0.444 e. The number of carbonyl (C=O) groups is 3. The molecule has 0 aliphatic heterocycles. The number of hydrogen-bond donors (Lipinski definition) is 2. The average Bonchev–Trinajstić information content (AvgIpc) is 2.76. The van der Waals surface area contributed by atoms with Crippen LogP contribution in [0.2, 0.25) is 0 Å². The quantitative estimate of drug-likeness (QED) is 0.304. The van der Waals surface area contributed by atoms with E-state index in [9.17, 15) is 14.4 Å². The second-order valence-corrected chi connectivity index (χ2v) is 11.7. The summed E-state index contributed by atoms with van der Waals surface area (Å²) in [6.45, 7) is 20.0. The number of alkyl carbamates (subject to hydrolysis) is 1. The van der Waals surface area contributed by atoms with Crippen molar-refractivity contribution in [2.75, 3.05) is 6.54 Å². The Morgan fingerprint density at radius 1 is 0.973 bits per heavy atom. The van der Waals surface area contributed by atoms with Crippen molar-refractivity contribution in [3.63, 3.8) is 0 Å². The van der Waals surface area contributed by atoms with Gasteiger partial charge in [-0.05, 0) is 72.3 Å². The van der Waals surface area contributed by atoms with E-state index in [-0.39, 0.29) is 23.8 Å². The van der Waals surface area contributed by atoms with E-state index in [4.69, 9.17) is 4.74 Å². The second-order valence-electron chi connectivity index (χ2n) is 11.7. The topological polar surface area (TPSA) is 87.7 Å². The molecule has 0 saturated carbocycles. The molecule has 210 valence electrons. The molecule has 1 rings (SSSR count). The van der Waals surface area contributed by atoms with Crippen molar-refractivity contribution < 1.29 is 19.1 Å². The van der Waals surface area contributed by atoms with Gasteiger partial charge in [-0.2, -0.15) is 0 Å². The third-order valence-electron chi connectivity index (χ3n) is 6.18. The molecular weight excluding hydrogens is 466 g/mol. The van der Waals surface area contributed by atoms with Crippen LogP contribution in [0.25, 0.3) is 0 Å². The summed E-state index contributed by atoms with van der Waals surface area (Å²) in [5.41, 5.74) is 2.15. The van der Waals surface area contributed by atoms with Gasteiger partial charge in [0, 0.05) is 12.6 Å². The highest BCUT2D eigenvalue weighted by Crippen LogP contribution is 2.28. The molecular formula is C30H51N3O4. The van der Waals surface area contributed by atoms with Crippen LogP contribution in [-0.2, 0) is 14.3 Å². The van der Waals surface area contributed by atoms with E-state index < -0.39 is 23.8 Å². The fourth-order valence-corrected chi connectivity index (χ4v) is 4.41. The first-order valence-electron chi connectivity index (χ1n) is 13.9. The highest BCUT2D eigenvalue weighted by Gasteiger charge is 2.38. The maximum absolute atomic E-state index is 14.2. The van der Waals surface area contributed by atoms with Crippen molar-refractivity contribution >= 4 is 17.9 Å². The molecule has 7 heteroatoms. The van der Waals surface area contributed by atoms with Crippen LogP contribution in [-0.4, -0.2) is 47.0 Å². The van der Waals surface area contributed by atoms with Crippen LogP contribution < -0.4 is 10.6 Å². The molecule has 2 N–H and O–H groups in total. The standard InChI is InChI=1S/C30H51N3O4/c1-11-13-14-15-31-27(34)26(24-18-21(5)17-22(6)19-24)33(23(7)12-2)28(35)25(16-20(3)4)32-29(36)37-30(8,9)10/h17-20,23,25-26H,11-16H2,1-10H3,(H,31,34)(H,32,36). The van der Waals surface area contributed by atoms with Crippen molar-refractivity contribution in [2.45, 2.75) is 125 Å². The molecule has 7 nitrogen and oxygen atoms in total. The van der Waals surface area contributed by atoms with Crippen molar-refractivity contribution in [1.82, 2.24) is 15.5 Å². The van der Waals surface area contributed by atoms with Crippen molar-refractivity contribution in [1.29, 1.82) is 0 Å². The molecule has 0 aliphatic carbocycles. The lowest BCUT2D eigenvalue weighted by atomic mass is 9.95. The summed E-state index contributed by atoms with van der Waals surface area (Å²) in [6.07, 6.45) is 3.43. The Hall–Kier alpha value is -2.57. The van der Waals surface area contributed by atoms with Crippen molar-refractivity contribution in [3.05, 3.63) is 34.9 Å². The summed E-state index contributed by atoms with van der Waals surface area (Å²) in [5.74, 6) is -0.331. The number of amides is 3. The molecule has 0 radical (unpaired) electrons. The van der Waals surface area contributed by atoms with Crippen LogP contribution in [0.4, 0.5) is 4.79 Å². The molecule has 0 aliphatic rings. The summed E-state index contributed by atoms with van der Waals surface area (Å²) >= 11 is 0. The smallest absolute Gasteiger partial charge is 0.408 e. The van der Waals surface area contributed by atoms with E-state index in [2.05, 4.69) is 23.6 Å². The van der Waals surface area contributed by atoms with E-state index in [0.717, 1.165) is 36.0 Å². The van der Waals surface area contributed by atoms with Gasteiger partial charge in [0.2, 0.25) is 11.8 Å². The number of benzene rings is 1. The Kier molecular flexibility index (Phi) is 13.2. The number of unbranched alkanes of at least 4 members (excludes halogenated alkanes) is 2. The van der Waals surface area contributed by atoms with Gasteiger partial charge in [0.1, 0.15) is 17.7 Å². The minimum atomic E-state index is -0.815. The van der Waals surface area contributed by atoms with Crippen LogP contribution in [0, 0.1) is 19.8 Å². The summed E-state index contributed by atoms with van der Waals surface area (Å²) in [7, 11) is 0. The Morgan fingerprint density at radius 3 is 2.05 bits per heavy atom. The molecule has 3 unspecified atom stereocenters. The number of nitrogens with one attached hydrogen (secondary N) is 2. The first kappa shape index (κ1) is 32.5. The molecule has 0 spiro atoms. The Bertz CT molecular complexity index is 871. The molecule has 0 bridgehead atoms. The predicted octanol–water partition coefficient (Wildman–Crippen LogP) is 6.22. The van der Waals surface area contributed by atoms with Gasteiger partial charge in [0.25, 0.3) is 0 Å². The molecule has 0 heterocycles. The molecule has 0 saturated heterocycles. The number of nitrogens with zero attached hydrogens (tertiary/aromatic N) is 1. The highest BCUT2D eigenvalue weighted by molar-refractivity contribution is 5.92. The lowest BCUT2D eigenvalue weighted by molar-refractivity contribution is -0.145. The molecule has 3 amide bonds. The summed E-state index contributed by atoms with van der Waals surface area (Å²) in [6, 6.07) is 4.16. The lowest BCUT2D eigenvalue weighted by Gasteiger charge is -2.38. The molecule has 37 heavy (non-hydrogen) atoms. The van der Waals surface area contributed by atoms with E-state index in [1.165, 1.54) is 0 Å². The molecule has 3 atom stereocenters. The van der Waals surface area contributed by atoms with Crippen molar-refractivity contribution in [3.8, 4) is 0 Å². The maximum atomic E-state index is 14.2. The zero-order valence-electron chi connectivity index (χ0n) is 24.9. The van der Waals surface area contributed by atoms with Gasteiger partial charge in [0.15, 0.2) is 0 Å². The third-order valence-corrected chi connectivity index (χ3v) is 6.18. The van der Waals surface area contributed by atoms with E-state index >= 15 is 0 Å². The zero-order valence-corrected chi connectivity index (χ0v) is 24.9. The lowest BCUT2D eigenvalue weighted by Crippen LogP contribution is -2.55. The van der Waals surface area contributed by atoms with Gasteiger partial charge in [-0.1, -0.05) is 69.9 Å². The predicted molar refractivity (Wildman–Crippen MR) is 150 cm³/mol. The van der Waals surface area contributed by atoms with Crippen LogP contribution in [0.3, 0.4) is 0 Å². The highest BCUT2D eigenvalue weighted by atomic mass is 16.6. The van der Waals surface area contributed by atoms with Gasteiger partial charge >= 0.3 is 6.09 Å². The number of aryl methyl sites for hydroxylation is 2. The second kappa shape index (κ2) is 15.0. The molecule has 0 fully saturated rings. The van der Waals surface area contributed by atoms with Crippen LogP contribution >= 0.6 is 0 Å². The van der Waals surface area contributed by atoms with Crippen LogP contribution in [0.5, 0.6) is 0 Å². The number of hydrogen-bond acceptors (Lipinski definition) is 4. The van der Waals surface area contributed by atoms with E-state index in [1.54, 1.807) is 25.7 Å². The zero-order chi connectivity index (χ0) is 28.3. The normalized spacial score (nSPS) is 14.0. The number of ether oxygens (including phenoxy) is 1. The van der Waals surface area contributed by atoms with Crippen LogP contribution in [0.15, 0.2) is 18.2 Å². The van der Waals surface area contributed by atoms with E-state index in [0.29, 0.717) is 19.4 Å². The van der Waals surface area contributed by atoms with Gasteiger partial charge < -0.3 is 20.3 Å². The molecule has 1 aromatic rings. The number of rotatable bonds is 13. The minimum Gasteiger partial charge on any atom is -0.444 e. The first-order chi connectivity index (χ1) is 17.2. The van der Waals surface area contributed by atoms with Gasteiger partial charge in [-0.25, -0.2) is 4.79 Å². The SMILES string of the molecule is CCCCCNC(=O)C(c1cc(C)cc(C)c1)N(C(=O)C(CC(C)C)NC(=O)OC(C)(C)C)C(C)CC. The van der Waals surface area contributed by atoms with Gasteiger partial charge in [0.05, 0.1) is 0 Å². The van der Waals surface area contributed by atoms with Crippen LogP contribution in [0.1, 0.15) is 110 Å². The summed E-state index contributed by atoms with van der Waals surface area (Å²) in [4.78, 5) is 42.3. The Morgan fingerprint density at radius 2 is 1.57 bits per heavy atom.